The van der Waals surface area contributed by atoms with Crippen molar-refractivity contribution in [3.8, 4) is 5.88 Å². The normalized spacial score (nSPS) is 15.2. The van der Waals surface area contributed by atoms with Gasteiger partial charge in [-0.25, -0.2) is 19.2 Å². The highest BCUT2D eigenvalue weighted by Crippen LogP contribution is 2.32. The number of ether oxygens (including phenoxy) is 1. The molecule has 4 rings (SSSR count). The topological polar surface area (TPSA) is 83.5 Å². The zero-order valence-electron chi connectivity index (χ0n) is 16.8. The van der Waals surface area contributed by atoms with Crippen LogP contribution in [0.2, 0.25) is 0 Å². The number of carbonyl (C=O) groups excluding carboxylic acids is 1. The minimum absolute atomic E-state index is 0.231. The second-order valence-electron chi connectivity index (χ2n) is 7.06. The Hall–Kier alpha value is -3.06. The predicted molar refractivity (Wildman–Crippen MR) is 109 cm³/mol. The average molecular weight is 470 g/mol. The molecule has 3 aromatic rings. The van der Waals surface area contributed by atoms with Crippen LogP contribution in [0.3, 0.4) is 0 Å². The number of aromatic nitrogens is 3. The SMILES string of the molecule is COc1ncnc2sc(NC(=O)N3CCN(Cc4ccc(F)c(C(F)(F)F)c4)CC3)nc12. The quantitative estimate of drug-likeness (QED) is 0.587. The molecule has 170 valence electrons. The summed E-state index contributed by atoms with van der Waals surface area (Å²) >= 11 is 1.19. The molecule has 2 amide bonds. The number of halogens is 4. The lowest BCUT2D eigenvalue weighted by molar-refractivity contribution is -0.140. The Morgan fingerprint density at radius 3 is 2.66 bits per heavy atom. The third-order valence-electron chi connectivity index (χ3n) is 4.97. The fourth-order valence-corrected chi connectivity index (χ4v) is 4.15. The number of nitrogens with one attached hydrogen (secondary N) is 1. The number of amides is 2. The van der Waals surface area contributed by atoms with E-state index < -0.39 is 17.6 Å². The van der Waals surface area contributed by atoms with Crippen LogP contribution in [0, 0.1) is 5.82 Å². The molecule has 0 radical (unpaired) electrons. The number of urea groups is 1. The number of nitrogens with zero attached hydrogens (tertiary/aromatic N) is 5. The van der Waals surface area contributed by atoms with E-state index in [9.17, 15) is 22.4 Å². The molecular weight excluding hydrogens is 452 g/mol. The maximum Gasteiger partial charge on any atom is 0.419 e. The number of alkyl halides is 3. The van der Waals surface area contributed by atoms with Crippen molar-refractivity contribution in [2.45, 2.75) is 12.7 Å². The van der Waals surface area contributed by atoms with E-state index in [0.29, 0.717) is 53.1 Å². The van der Waals surface area contributed by atoms with E-state index in [1.54, 1.807) is 4.90 Å². The number of benzene rings is 1. The fraction of sp³-hybridized carbons (Fsp3) is 0.368. The zero-order valence-corrected chi connectivity index (χ0v) is 17.6. The number of piperazine rings is 1. The van der Waals surface area contributed by atoms with Gasteiger partial charge in [-0.15, -0.1) is 0 Å². The first-order valence-corrected chi connectivity index (χ1v) is 10.4. The van der Waals surface area contributed by atoms with Gasteiger partial charge in [0.2, 0.25) is 5.88 Å². The Bertz CT molecular complexity index is 1130. The first kappa shape index (κ1) is 22.1. The van der Waals surface area contributed by atoms with Crippen molar-refractivity contribution < 1.29 is 27.1 Å². The Kier molecular flexibility index (Phi) is 6.11. The number of hydrogen-bond acceptors (Lipinski definition) is 7. The number of hydrogen-bond donors (Lipinski definition) is 1. The molecule has 1 aliphatic heterocycles. The number of fused-ring (bicyclic) bond motifs is 1. The van der Waals surface area contributed by atoms with Gasteiger partial charge in [0, 0.05) is 32.7 Å². The molecule has 1 aliphatic rings. The van der Waals surface area contributed by atoms with Gasteiger partial charge in [0.1, 0.15) is 12.1 Å². The van der Waals surface area contributed by atoms with Crippen LogP contribution in [0.5, 0.6) is 5.88 Å². The van der Waals surface area contributed by atoms with Crippen molar-refractivity contribution in [1.29, 1.82) is 0 Å². The van der Waals surface area contributed by atoms with Gasteiger partial charge in [0.15, 0.2) is 15.5 Å². The molecule has 0 aliphatic carbocycles. The van der Waals surface area contributed by atoms with E-state index in [1.165, 1.54) is 30.8 Å². The number of rotatable bonds is 4. The van der Waals surface area contributed by atoms with Gasteiger partial charge < -0.3 is 9.64 Å². The smallest absolute Gasteiger partial charge is 0.419 e. The van der Waals surface area contributed by atoms with Crippen LogP contribution in [0.25, 0.3) is 10.3 Å². The third kappa shape index (κ3) is 4.72. The van der Waals surface area contributed by atoms with E-state index in [0.717, 1.165) is 12.1 Å². The summed E-state index contributed by atoms with van der Waals surface area (Å²) in [4.78, 5) is 29.1. The standard InChI is InChI=1S/C19H18F4N6O2S/c1-31-15-14-16(25-10-24-15)32-17(26-14)27-18(30)29-6-4-28(5-7-29)9-11-2-3-13(20)12(8-11)19(21,22)23/h2-3,8,10H,4-7,9H2,1H3,(H,26,27,30). The van der Waals surface area contributed by atoms with Crippen molar-refractivity contribution in [1.82, 2.24) is 24.8 Å². The molecule has 1 N–H and O–H groups in total. The van der Waals surface area contributed by atoms with Crippen LogP contribution >= 0.6 is 11.3 Å². The summed E-state index contributed by atoms with van der Waals surface area (Å²) < 4.78 is 57.3. The van der Waals surface area contributed by atoms with Crippen LogP contribution in [-0.4, -0.2) is 64.1 Å². The van der Waals surface area contributed by atoms with E-state index in [2.05, 4.69) is 20.3 Å². The lowest BCUT2D eigenvalue weighted by Gasteiger charge is -2.34. The number of anilines is 1. The predicted octanol–water partition coefficient (Wildman–Crippen LogP) is 3.60. The molecule has 32 heavy (non-hydrogen) atoms. The molecule has 1 aromatic carbocycles. The molecule has 0 atom stereocenters. The Morgan fingerprint density at radius 1 is 1.22 bits per heavy atom. The molecule has 2 aromatic heterocycles. The average Bonchev–Trinajstić information content (AvgIpc) is 3.17. The third-order valence-corrected chi connectivity index (χ3v) is 5.85. The molecule has 0 saturated carbocycles. The zero-order chi connectivity index (χ0) is 22.9. The first-order chi connectivity index (χ1) is 15.2. The molecule has 8 nitrogen and oxygen atoms in total. The number of methoxy groups -OCH3 is 1. The molecule has 3 heterocycles. The molecular formula is C19H18F4N6O2S. The number of carbonyl (C=O) groups is 1. The summed E-state index contributed by atoms with van der Waals surface area (Å²) in [6, 6.07) is 2.67. The summed E-state index contributed by atoms with van der Waals surface area (Å²) in [6.07, 6.45) is -3.39. The van der Waals surface area contributed by atoms with Gasteiger partial charge in [0.25, 0.3) is 0 Å². The van der Waals surface area contributed by atoms with Crippen molar-refractivity contribution in [2.75, 3.05) is 38.6 Å². The van der Waals surface area contributed by atoms with E-state index >= 15 is 0 Å². The first-order valence-electron chi connectivity index (χ1n) is 9.54. The lowest BCUT2D eigenvalue weighted by Crippen LogP contribution is -2.49. The van der Waals surface area contributed by atoms with Crippen molar-refractivity contribution in [2.24, 2.45) is 0 Å². The molecule has 0 spiro atoms. The van der Waals surface area contributed by atoms with E-state index in [-0.39, 0.29) is 12.6 Å². The van der Waals surface area contributed by atoms with Gasteiger partial charge >= 0.3 is 12.2 Å². The Labute approximate surface area is 183 Å². The molecule has 1 saturated heterocycles. The van der Waals surface area contributed by atoms with Crippen LogP contribution in [0.4, 0.5) is 27.5 Å². The van der Waals surface area contributed by atoms with Gasteiger partial charge in [-0.3, -0.25) is 10.2 Å². The van der Waals surface area contributed by atoms with Crippen LogP contribution in [-0.2, 0) is 12.7 Å². The second-order valence-corrected chi connectivity index (χ2v) is 8.04. The van der Waals surface area contributed by atoms with Crippen LogP contribution in [0.1, 0.15) is 11.1 Å². The van der Waals surface area contributed by atoms with Crippen LogP contribution < -0.4 is 10.1 Å². The summed E-state index contributed by atoms with van der Waals surface area (Å²) in [5, 5.41) is 3.09. The van der Waals surface area contributed by atoms with Crippen molar-refractivity contribution in [3.05, 3.63) is 41.5 Å². The second kappa shape index (κ2) is 8.82. The van der Waals surface area contributed by atoms with Crippen molar-refractivity contribution >= 4 is 32.8 Å². The largest absolute Gasteiger partial charge is 0.479 e. The lowest BCUT2D eigenvalue weighted by atomic mass is 10.1. The number of thiazole rings is 1. The summed E-state index contributed by atoms with van der Waals surface area (Å²) in [7, 11) is 1.47. The van der Waals surface area contributed by atoms with E-state index in [1.807, 2.05) is 4.90 Å². The van der Waals surface area contributed by atoms with Crippen LogP contribution in [0.15, 0.2) is 24.5 Å². The monoisotopic (exact) mass is 470 g/mol. The van der Waals surface area contributed by atoms with Gasteiger partial charge in [-0.2, -0.15) is 18.2 Å². The Balaban J connectivity index is 1.34. The molecule has 1 fully saturated rings. The minimum atomic E-state index is -4.74. The maximum absolute atomic E-state index is 13.5. The fourth-order valence-electron chi connectivity index (χ4n) is 3.36. The summed E-state index contributed by atoms with van der Waals surface area (Å²) in [5.74, 6) is -0.976. The molecule has 0 unspecified atom stereocenters. The molecule has 13 heteroatoms. The highest BCUT2D eigenvalue weighted by Gasteiger charge is 2.34. The summed E-state index contributed by atoms with van der Waals surface area (Å²) in [5.41, 5.74) is -0.455. The van der Waals surface area contributed by atoms with Crippen molar-refractivity contribution in [3.63, 3.8) is 0 Å². The maximum atomic E-state index is 13.5. The Morgan fingerprint density at radius 2 is 1.97 bits per heavy atom. The minimum Gasteiger partial charge on any atom is -0.479 e. The van der Waals surface area contributed by atoms with Gasteiger partial charge in [-0.1, -0.05) is 17.4 Å². The van der Waals surface area contributed by atoms with Gasteiger partial charge in [0.05, 0.1) is 12.7 Å². The molecule has 0 bridgehead atoms. The highest BCUT2D eigenvalue weighted by atomic mass is 32.1. The highest BCUT2D eigenvalue weighted by molar-refractivity contribution is 7.22. The van der Waals surface area contributed by atoms with Gasteiger partial charge in [-0.05, 0) is 17.7 Å². The van der Waals surface area contributed by atoms with E-state index in [4.69, 9.17) is 4.74 Å². The summed E-state index contributed by atoms with van der Waals surface area (Å²) in [6.45, 7) is 1.92.